The van der Waals surface area contributed by atoms with Crippen molar-refractivity contribution in [1.29, 1.82) is 0 Å². The first-order chi connectivity index (χ1) is 12.6. The van der Waals surface area contributed by atoms with E-state index in [1.54, 1.807) is 0 Å². The fourth-order valence-corrected chi connectivity index (χ4v) is 7.25. The average Bonchev–Trinajstić information content (AvgIpc) is 3.37. The monoisotopic (exact) mass is 360 g/mol. The molecule has 0 aromatic carbocycles. The van der Waals surface area contributed by atoms with Crippen molar-refractivity contribution >= 4 is 0 Å². The normalized spacial score (nSPS) is 47.9. The number of allylic oxidation sites excluding steroid dienone is 1. The Labute approximate surface area is 162 Å². The second kappa shape index (κ2) is 8.19. The molecule has 0 aromatic heterocycles. The van der Waals surface area contributed by atoms with Crippen molar-refractivity contribution in [2.75, 3.05) is 0 Å². The van der Waals surface area contributed by atoms with E-state index in [2.05, 4.69) is 32.2 Å². The summed E-state index contributed by atoms with van der Waals surface area (Å²) >= 11 is 0. The lowest BCUT2D eigenvalue weighted by Gasteiger charge is -2.40. The minimum Gasteiger partial charge on any atom is -0.327 e. The lowest BCUT2D eigenvalue weighted by Crippen LogP contribution is -2.47. The van der Waals surface area contributed by atoms with E-state index in [-0.39, 0.29) is 6.04 Å². The van der Waals surface area contributed by atoms with Gasteiger partial charge in [-0.05, 0) is 78.9 Å². The van der Waals surface area contributed by atoms with Crippen LogP contribution in [0.3, 0.4) is 0 Å². The van der Waals surface area contributed by atoms with E-state index in [9.17, 15) is 0 Å². The van der Waals surface area contributed by atoms with Gasteiger partial charge in [0.2, 0.25) is 0 Å². The van der Waals surface area contributed by atoms with E-state index < -0.39 is 0 Å². The van der Waals surface area contributed by atoms with E-state index >= 15 is 0 Å². The molecule has 8 unspecified atom stereocenters. The lowest BCUT2D eigenvalue weighted by atomic mass is 9.66. The third kappa shape index (κ3) is 2.92. The quantitative estimate of drug-likeness (QED) is 0.558. The molecule has 0 radical (unpaired) electrons. The third-order valence-electron chi connectivity index (χ3n) is 8.39. The zero-order chi connectivity index (χ0) is 19.7. The zero-order valence-corrected chi connectivity index (χ0v) is 18.0. The fourth-order valence-electron chi connectivity index (χ4n) is 7.25. The van der Waals surface area contributed by atoms with Crippen molar-refractivity contribution < 1.29 is 0 Å². The zero-order valence-electron chi connectivity index (χ0n) is 18.0. The fraction of sp³-hybridized carbons (Fsp3) is 0.833. The topological polar surface area (TPSA) is 52.0 Å². The van der Waals surface area contributed by atoms with Crippen molar-refractivity contribution in [3.8, 4) is 0 Å². The summed E-state index contributed by atoms with van der Waals surface area (Å²) in [5.41, 5.74) is 14.5. The van der Waals surface area contributed by atoms with Gasteiger partial charge < -0.3 is 11.5 Å². The number of fused-ring (bicyclic) bond motifs is 4. The highest BCUT2D eigenvalue weighted by Gasteiger charge is 2.71. The predicted molar refractivity (Wildman–Crippen MR) is 115 cm³/mol. The molecule has 150 valence electrons. The standard InChI is InChI=1S/C18H28N2.2C2H6.C2H4/c1-10-14(19)5-3-12-13-4-2-11-8-18(13,16(20)15(10)12)9-17(11)6-7-17;3*1-2/h3,5,10-16H,2,4,6-9,19-20H2,1H3;2*1-2H3;1-2H2. The number of nitrogens with two attached hydrogens (primary N) is 2. The van der Waals surface area contributed by atoms with Crippen LogP contribution in [0.25, 0.3) is 0 Å². The second-order valence-electron chi connectivity index (χ2n) is 8.86. The van der Waals surface area contributed by atoms with E-state index in [0.717, 1.165) is 23.2 Å². The SMILES string of the molecule is C=C.CC.CC.CC1C(N)C=CC2C1C(N)C13CC(CCC21)C1(CC1)C3. The van der Waals surface area contributed by atoms with Crippen LogP contribution in [-0.4, -0.2) is 12.1 Å². The van der Waals surface area contributed by atoms with Gasteiger partial charge in [0.15, 0.2) is 0 Å². The molecule has 2 bridgehead atoms. The van der Waals surface area contributed by atoms with E-state index in [0.29, 0.717) is 23.3 Å². The van der Waals surface area contributed by atoms with Crippen molar-refractivity contribution in [2.24, 2.45) is 51.9 Å². The third-order valence-corrected chi connectivity index (χ3v) is 8.39. The molecule has 0 aliphatic heterocycles. The molecule has 4 fully saturated rings. The van der Waals surface area contributed by atoms with Gasteiger partial charge in [-0.2, -0.15) is 0 Å². The minimum absolute atomic E-state index is 0.228. The predicted octanol–water partition coefficient (Wildman–Crippen LogP) is 5.53. The van der Waals surface area contributed by atoms with Crippen LogP contribution in [0.4, 0.5) is 0 Å². The Kier molecular flexibility index (Phi) is 6.83. The molecule has 5 aliphatic rings. The number of hydrogen-bond acceptors (Lipinski definition) is 2. The minimum atomic E-state index is 0.228. The highest BCUT2D eigenvalue weighted by molar-refractivity contribution is 5.26. The van der Waals surface area contributed by atoms with Gasteiger partial charge in [0.1, 0.15) is 0 Å². The Hall–Kier alpha value is -0.600. The molecule has 0 aromatic rings. The molecule has 2 heteroatoms. The Morgan fingerprint density at radius 2 is 1.58 bits per heavy atom. The molecular formula is C24H44N2. The molecule has 2 nitrogen and oxygen atoms in total. The molecular weight excluding hydrogens is 316 g/mol. The van der Waals surface area contributed by atoms with Gasteiger partial charge in [0, 0.05) is 12.1 Å². The summed E-state index contributed by atoms with van der Waals surface area (Å²) in [5.74, 6) is 3.82. The Balaban J connectivity index is 0.000000371. The van der Waals surface area contributed by atoms with Gasteiger partial charge in [-0.25, -0.2) is 0 Å². The van der Waals surface area contributed by atoms with Gasteiger partial charge >= 0.3 is 0 Å². The average molecular weight is 361 g/mol. The van der Waals surface area contributed by atoms with Crippen molar-refractivity contribution in [1.82, 2.24) is 0 Å². The van der Waals surface area contributed by atoms with E-state index in [1.165, 1.54) is 38.5 Å². The molecule has 4 saturated carbocycles. The van der Waals surface area contributed by atoms with Crippen molar-refractivity contribution in [2.45, 2.75) is 85.2 Å². The summed E-state index contributed by atoms with van der Waals surface area (Å²) in [5, 5.41) is 0. The Morgan fingerprint density at radius 1 is 0.962 bits per heavy atom. The molecule has 0 heterocycles. The highest BCUT2D eigenvalue weighted by Crippen LogP contribution is 2.77. The number of rotatable bonds is 0. The summed E-state index contributed by atoms with van der Waals surface area (Å²) in [6, 6.07) is 0.636. The highest BCUT2D eigenvalue weighted by atomic mass is 14.9. The maximum absolute atomic E-state index is 6.93. The second-order valence-corrected chi connectivity index (χ2v) is 8.86. The molecule has 26 heavy (non-hydrogen) atoms. The van der Waals surface area contributed by atoms with Crippen LogP contribution in [0.5, 0.6) is 0 Å². The molecule has 4 N–H and O–H groups in total. The molecule has 0 saturated heterocycles. The molecule has 8 atom stereocenters. The van der Waals surface area contributed by atoms with Crippen LogP contribution in [0.1, 0.15) is 73.1 Å². The lowest BCUT2D eigenvalue weighted by molar-refractivity contribution is 0.117. The van der Waals surface area contributed by atoms with Crippen LogP contribution in [0.15, 0.2) is 25.3 Å². The molecule has 0 amide bonds. The van der Waals surface area contributed by atoms with Crippen LogP contribution in [-0.2, 0) is 0 Å². The summed E-state index contributed by atoms with van der Waals surface area (Å²) in [6.45, 7) is 16.3. The maximum atomic E-state index is 6.93. The van der Waals surface area contributed by atoms with Crippen molar-refractivity contribution in [3.63, 3.8) is 0 Å². The van der Waals surface area contributed by atoms with E-state index in [1.807, 2.05) is 27.7 Å². The van der Waals surface area contributed by atoms with Gasteiger partial charge in [-0.1, -0.05) is 46.8 Å². The van der Waals surface area contributed by atoms with Gasteiger partial charge in [-0.15, -0.1) is 13.2 Å². The van der Waals surface area contributed by atoms with Crippen LogP contribution < -0.4 is 11.5 Å². The van der Waals surface area contributed by atoms with Gasteiger partial charge in [0.05, 0.1) is 0 Å². The first kappa shape index (κ1) is 21.7. The van der Waals surface area contributed by atoms with Crippen LogP contribution in [0, 0.1) is 40.4 Å². The molecule has 2 spiro atoms. The van der Waals surface area contributed by atoms with Gasteiger partial charge in [-0.3, -0.25) is 0 Å². The largest absolute Gasteiger partial charge is 0.327 e. The first-order valence-corrected chi connectivity index (χ1v) is 11.3. The molecule has 5 rings (SSSR count). The van der Waals surface area contributed by atoms with Crippen molar-refractivity contribution in [3.05, 3.63) is 25.3 Å². The summed E-state index contributed by atoms with van der Waals surface area (Å²) < 4.78 is 0. The number of hydrogen-bond donors (Lipinski definition) is 2. The van der Waals surface area contributed by atoms with Crippen LogP contribution >= 0.6 is 0 Å². The smallest absolute Gasteiger partial charge is 0.0253 e. The summed E-state index contributed by atoms with van der Waals surface area (Å²) in [4.78, 5) is 0. The Morgan fingerprint density at radius 3 is 2.15 bits per heavy atom. The van der Waals surface area contributed by atoms with Gasteiger partial charge in [0.25, 0.3) is 0 Å². The first-order valence-electron chi connectivity index (χ1n) is 11.3. The summed E-state index contributed by atoms with van der Waals surface area (Å²) in [6.07, 6.45) is 13.6. The molecule has 5 aliphatic carbocycles. The maximum Gasteiger partial charge on any atom is 0.0253 e. The summed E-state index contributed by atoms with van der Waals surface area (Å²) in [7, 11) is 0. The Bertz CT molecular complexity index is 494. The van der Waals surface area contributed by atoms with Crippen LogP contribution in [0.2, 0.25) is 0 Å². The van der Waals surface area contributed by atoms with E-state index in [4.69, 9.17) is 11.5 Å².